The second-order valence-electron chi connectivity index (χ2n) is 11.6. The lowest BCUT2D eigenvalue weighted by atomic mass is 9.82. The average molecular weight is 515 g/mol. The van der Waals surface area contributed by atoms with Crippen LogP contribution >= 0.6 is 0 Å². The smallest absolute Gasteiger partial charge is 0.261 e. The van der Waals surface area contributed by atoms with Gasteiger partial charge in [0.15, 0.2) is 0 Å². The number of carbonyl (C=O) groups is 2. The molecule has 0 radical (unpaired) electrons. The topological polar surface area (TPSA) is 56.3 Å². The van der Waals surface area contributed by atoms with Crippen molar-refractivity contribution in [2.24, 2.45) is 5.92 Å². The van der Waals surface area contributed by atoms with Gasteiger partial charge in [0.25, 0.3) is 11.8 Å². The van der Waals surface area contributed by atoms with E-state index in [-0.39, 0.29) is 41.8 Å². The zero-order valence-corrected chi connectivity index (χ0v) is 22.8. The number of imide groups is 1. The van der Waals surface area contributed by atoms with E-state index >= 15 is 0 Å². The zero-order chi connectivity index (χ0) is 26.6. The molecule has 4 heterocycles. The van der Waals surface area contributed by atoms with E-state index in [9.17, 15) is 9.59 Å². The highest BCUT2D eigenvalue weighted by Gasteiger charge is 2.49. The van der Waals surface area contributed by atoms with Gasteiger partial charge in [0.1, 0.15) is 0 Å². The van der Waals surface area contributed by atoms with Gasteiger partial charge in [-0.15, -0.1) is 0 Å². The van der Waals surface area contributed by atoms with Crippen molar-refractivity contribution in [1.29, 1.82) is 0 Å². The number of hydrogen-bond donors (Lipinski definition) is 0. The first-order valence-electron chi connectivity index (χ1n) is 13.9. The molecule has 1 aliphatic carbocycles. The normalized spacial score (nSPS) is 28.8. The number of hydrogen-bond acceptors (Lipinski definition) is 6. The van der Waals surface area contributed by atoms with E-state index in [4.69, 9.17) is 4.74 Å². The summed E-state index contributed by atoms with van der Waals surface area (Å²) in [6, 6.07) is 8.31. The quantitative estimate of drug-likeness (QED) is 0.577. The second-order valence-corrected chi connectivity index (χ2v) is 11.6. The van der Waals surface area contributed by atoms with Crippen LogP contribution in [0.15, 0.2) is 71.5 Å². The summed E-state index contributed by atoms with van der Waals surface area (Å²) in [5.41, 5.74) is 4.55. The van der Waals surface area contributed by atoms with Gasteiger partial charge in [0.2, 0.25) is 0 Å². The summed E-state index contributed by atoms with van der Waals surface area (Å²) in [6.45, 7) is 7.60. The van der Waals surface area contributed by atoms with Gasteiger partial charge in [-0.05, 0) is 51.6 Å². The molecule has 38 heavy (non-hydrogen) atoms. The molecular formula is C31H38N4O3. The standard InChI is InChI=1S/C31H38N4O3/c1-20(2)35-30(36)28-24-18-33(26-11-7-5-9-22(24)26)14-13-21(17-32(3)4)38-16-15-34-19-25(29(28)31(35)37)23-10-6-8-12-27(23)34/h5-12,19-21,23-24,27H,13-18H2,1-4H3. The molecule has 0 N–H and O–H groups in total. The fourth-order valence-corrected chi connectivity index (χ4v) is 6.84. The van der Waals surface area contributed by atoms with Crippen molar-refractivity contribution in [2.45, 2.75) is 44.4 Å². The molecule has 4 bridgehead atoms. The number of para-hydroxylation sites is 1. The molecule has 6 rings (SSSR count). The first-order chi connectivity index (χ1) is 18.3. The molecule has 7 nitrogen and oxygen atoms in total. The van der Waals surface area contributed by atoms with Crippen LogP contribution in [-0.4, -0.2) is 91.6 Å². The van der Waals surface area contributed by atoms with Crippen molar-refractivity contribution in [1.82, 2.24) is 14.7 Å². The summed E-state index contributed by atoms with van der Waals surface area (Å²) in [5, 5.41) is 0. The highest BCUT2D eigenvalue weighted by atomic mass is 16.5. The predicted molar refractivity (Wildman–Crippen MR) is 149 cm³/mol. The van der Waals surface area contributed by atoms with Crippen molar-refractivity contribution in [3.63, 3.8) is 0 Å². The minimum Gasteiger partial charge on any atom is -0.375 e. The van der Waals surface area contributed by atoms with E-state index in [1.807, 2.05) is 19.9 Å². The molecule has 4 aliphatic heterocycles. The number of amides is 2. The lowest BCUT2D eigenvalue weighted by Crippen LogP contribution is -2.39. The average Bonchev–Trinajstić information content (AvgIpc) is 3.51. The number of anilines is 1. The molecule has 0 saturated carbocycles. The first kappa shape index (κ1) is 25.1. The number of nitrogens with zero attached hydrogens (tertiary/aromatic N) is 4. The number of fused-ring (bicyclic) bond motifs is 11. The molecule has 200 valence electrons. The Balaban J connectivity index is 1.50. The Bertz CT molecular complexity index is 1260. The van der Waals surface area contributed by atoms with E-state index in [1.54, 1.807) is 0 Å². The summed E-state index contributed by atoms with van der Waals surface area (Å²) in [7, 11) is 4.18. The zero-order valence-electron chi connectivity index (χ0n) is 22.8. The van der Waals surface area contributed by atoms with Gasteiger partial charge in [0.05, 0.1) is 24.3 Å². The Morgan fingerprint density at radius 1 is 1.05 bits per heavy atom. The molecule has 2 amide bonds. The number of benzene rings is 1. The molecule has 4 atom stereocenters. The van der Waals surface area contributed by atoms with Crippen molar-refractivity contribution in [3.8, 4) is 0 Å². The summed E-state index contributed by atoms with van der Waals surface area (Å²) in [5.74, 6) is -0.396. The van der Waals surface area contributed by atoms with Crippen LogP contribution in [0.25, 0.3) is 0 Å². The van der Waals surface area contributed by atoms with Crippen LogP contribution in [0.1, 0.15) is 31.7 Å². The van der Waals surface area contributed by atoms with Crippen LogP contribution in [0.2, 0.25) is 0 Å². The maximum Gasteiger partial charge on any atom is 0.261 e. The third kappa shape index (κ3) is 4.12. The number of ether oxygens (including phenoxy) is 1. The Kier molecular flexibility index (Phi) is 6.52. The summed E-state index contributed by atoms with van der Waals surface area (Å²) in [6.07, 6.45) is 11.7. The summed E-state index contributed by atoms with van der Waals surface area (Å²) < 4.78 is 6.47. The SMILES string of the molecule is CC(C)N1C(=O)C2=C(C1=O)C1CN(CCC(CN(C)C)OCCN3C=C2C2C=CC=CC23)c2ccccc21. The van der Waals surface area contributed by atoms with E-state index in [0.717, 1.165) is 42.9 Å². The van der Waals surface area contributed by atoms with Gasteiger partial charge in [-0.3, -0.25) is 14.5 Å². The second kappa shape index (κ2) is 9.86. The van der Waals surface area contributed by atoms with Crippen LogP contribution in [0, 0.1) is 5.92 Å². The third-order valence-electron chi connectivity index (χ3n) is 8.51. The Labute approximate surface area is 225 Å². The van der Waals surface area contributed by atoms with Gasteiger partial charge in [-0.1, -0.05) is 42.5 Å². The van der Waals surface area contributed by atoms with Gasteiger partial charge >= 0.3 is 0 Å². The summed E-state index contributed by atoms with van der Waals surface area (Å²) >= 11 is 0. The Hall–Kier alpha value is -3.16. The van der Waals surface area contributed by atoms with Crippen LogP contribution in [-0.2, 0) is 14.3 Å². The molecule has 1 aromatic rings. The fourth-order valence-electron chi connectivity index (χ4n) is 6.84. The maximum absolute atomic E-state index is 14.1. The molecule has 0 saturated heterocycles. The Morgan fingerprint density at radius 2 is 1.84 bits per heavy atom. The largest absolute Gasteiger partial charge is 0.375 e. The Morgan fingerprint density at radius 3 is 2.63 bits per heavy atom. The van der Waals surface area contributed by atoms with Gasteiger partial charge < -0.3 is 19.4 Å². The molecule has 0 aromatic heterocycles. The maximum atomic E-state index is 14.1. The highest BCUT2D eigenvalue weighted by molar-refractivity contribution is 6.22. The lowest BCUT2D eigenvalue weighted by Gasteiger charge is -2.30. The molecular weight excluding hydrogens is 476 g/mol. The molecule has 4 unspecified atom stereocenters. The van der Waals surface area contributed by atoms with Crippen LogP contribution in [0.3, 0.4) is 0 Å². The van der Waals surface area contributed by atoms with Gasteiger partial charge in [-0.25, -0.2) is 0 Å². The van der Waals surface area contributed by atoms with E-state index in [0.29, 0.717) is 24.3 Å². The van der Waals surface area contributed by atoms with Crippen LogP contribution < -0.4 is 4.90 Å². The molecule has 0 fully saturated rings. The highest BCUT2D eigenvalue weighted by Crippen LogP contribution is 2.48. The molecule has 5 aliphatic rings. The molecule has 1 aromatic carbocycles. The number of rotatable bonds is 3. The fraction of sp³-hybridized carbons (Fsp3) is 0.484. The third-order valence-corrected chi connectivity index (χ3v) is 8.51. The van der Waals surface area contributed by atoms with Gasteiger partial charge in [-0.2, -0.15) is 0 Å². The van der Waals surface area contributed by atoms with E-state index in [1.165, 1.54) is 4.90 Å². The predicted octanol–water partition coefficient (Wildman–Crippen LogP) is 3.32. The van der Waals surface area contributed by atoms with Crippen molar-refractivity contribution < 1.29 is 14.3 Å². The van der Waals surface area contributed by atoms with Crippen molar-refractivity contribution in [2.75, 3.05) is 51.8 Å². The van der Waals surface area contributed by atoms with E-state index in [2.05, 4.69) is 77.5 Å². The van der Waals surface area contributed by atoms with Crippen LogP contribution in [0.5, 0.6) is 0 Å². The minimum atomic E-state index is -0.201. The van der Waals surface area contributed by atoms with Crippen molar-refractivity contribution >= 4 is 17.5 Å². The molecule has 0 spiro atoms. The number of carbonyl (C=O) groups excluding carboxylic acids is 2. The van der Waals surface area contributed by atoms with Gasteiger partial charge in [0, 0.05) is 61.5 Å². The number of allylic oxidation sites excluding steroid dienone is 2. The lowest BCUT2D eigenvalue weighted by molar-refractivity contribution is -0.139. The summed E-state index contributed by atoms with van der Waals surface area (Å²) in [4.78, 5) is 36.5. The monoisotopic (exact) mass is 514 g/mol. The van der Waals surface area contributed by atoms with Crippen LogP contribution in [0.4, 0.5) is 5.69 Å². The van der Waals surface area contributed by atoms with E-state index < -0.39 is 0 Å². The molecule has 7 heteroatoms. The number of likely N-dealkylation sites (N-methyl/N-ethyl adjacent to an activating group) is 1. The van der Waals surface area contributed by atoms with Crippen molar-refractivity contribution in [3.05, 3.63) is 77.1 Å². The first-order valence-corrected chi connectivity index (χ1v) is 13.9. The minimum absolute atomic E-state index is 0.0318.